The number of hydrogen-bond acceptors (Lipinski definition) is 6. The van der Waals surface area contributed by atoms with Crippen LogP contribution in [0.25, 0.3) is 0 Å². The van der Waals surface area contributed by atoms with Gasteiger partial charge in [-0.1, -0.05) is 11.3 Å². The molecule has 6 nitrogen and oxygen atoms in total. The van der Waals surface area contributed by atoms with Crippen LogP contribution >= 0.6 is 11.3 Å². The molecule has 2 aliphatic rings. The highest BCUT2D eigenvalue weighted by Gasteiger charge is 2.24. The third-order valence-corrected chi connectivity index (χ3v) is 5.05. The number of benzene rings is 1. The zero-order valence-electron chi connectivity index (χ0n) is 13.3. The summed E-state index contributed by atoms with van der Waals surface area (Å²) in [6, 6.07) is 8.64. The number of morpholine rings is 1. The molecule has 0 bridgehead atoms. The highest BCUT2D eigenvalue weighted by Crippen LogP contribution is 2.26. The number of aromatic nitrogens is 1. The molecule has 1 aliphatic heterocycles. The predicted molar refractivity (Wildman–Crippen MR) is 95.4 cm³/mol. The lowest BCUT2D eigenvalue weighted by Gasteiger charge is -2.28. The topological polar surface area (TPSA) is 66.5 Å². The number of carbonyl (C=O) groups is 1. The van der Waals surface area contributed by atoms with Crippen molar-refractivity contribution in [3.05, 3.63) is 35.3 Å². The standard InChI is InChI=1S/C17H20N4O2S/c22-16(19-12-1-2-12)15-11-18-17(24-15)20-13-3-5-14(6-4-13)21-7-9-23-10-8-21/h3-6,11-12H,1-2,7-10H2,(H,18,20)(H,19,22). The summed E-state index contributed by atoms with van der Waals surface area (Å²) in [7, 11) is 0. The Morgan fingerprint density at radius 2 is 1.96 bits per heavy atom. The molecule has 2 N–H and O–H groups in total. The molecule has 1 aromatic carbocycles. The number of anilines is 3. The molecule has 1 amide bonds. The number of hydrogen-bond donors (Lipinski definition) is 2. The van der Waals surface area contributed by atoms with E-state index in [0.29, 0.717) is 10.9 Å². The molecule has 0 spiro atoms. The van der Waals surface area contributed by atoms with E-state index in [2.05, 4.69) is 32.7 Å². The monoisotopic (exact) mass is 344 g/mol. The molecule has 4 rings (SSSR count). The van der Waals surface area contributed by atoms with Crippen LogP contribution in [-0.2, 0) is 4.74 Å². The maximum absolute atomic E-state index is 12.0. The highest BCUT2D eigenvalue weighted by molar-refractivity contribution is 7.17. The van der Waals surface area contributed by atoms with Gasteiger partial charge in [-0.25, -0.2) is 4.98 Å². The summed E-state index contributed by atoms with van der Waals surface area (Å²) in [4.78, 5) is 19.3. The molecule has 1 saturated carbocycles. The van der Waals surface area contributed by atoms with Crippen LogP contribution in [0.5, 0.6) is 0 Å². The number of rotatable bonds is 5. The summed E-state index contributed by atoms with van der Waals surface area (Å²) in [6.07, 6.45) is 3.81. The summed E-state index contributed by atoms with van der Waals surface area (Å²) in [5, 5.41) is 6.97. The Labute approximate surface area is 144 Å². The van der Waals surface area contributed by atoms with Crippen LogP contribution in [0.2, 0.25) is 0 Å². The van der Waals surface area contributed by atoms with Crippen LogP contribution in [0, 0.1) is 0 Å². The Hall–Kier alpha value is -2.12. The number of amides is 1. The van der Waals surface area contributed by atoms with Crippen LogP contribution in [0.4, 0.5) is 16.5 Å². The summed E-state index contributed by atoms with van der Waals surface area (Å²) in [5.41, 5.74) is 2.17. The van der Waals surface area contributed by atoms with Gasteiger partial charge in [0.15, 0.2) is 5.13 Å². The molecule has 0 atom stereocenters. The highest BCUT2D eigenvalue weighted by atomic mass is 32.1. The maximum Gasteiger partial charge on any atom is 0.263 e. The van der Waals surface area contributed by atoms with Crippen molar-refractivity contribution in [2.75, 3.05) is 36.5 Å². The third-order valence-electron chi connectivity index (χ3n) is 4.14. The zero-order valence-corrected chi connectivity index (χ0v) is 14.1. The Morgan fingerprint density at radius 1 is 1.21 bits per heavy atom. The van der Waals surface area contributed by atoms with Gasteiger partial charge in [0.05, 0.1) is 19.4 Å². The Kier molecular flexibility index (Phi) is 4.36. The van der Waals surface area contributed by atoms with E-state index in [-0.39, 0.29) is 5.91 Å². The number of nitrogens with zero attached hydrogens (tertiary/aromatic N) is 2. The van der Waals surface area contributed by atoms with Crippen molar-refractivity contribution in [3.63, 3.8) is 0 Å². The van der Waals surface area contributed by atoms with Crippen molar-refractivity contribution in [1.29, 1.82) is 0 Å². The Morgan fingerprint density at radius 3 is 2.67 bits per heavy atom. The van der Waals surface area contributed by atoms with Crippen LogP contribution in [0.15, 0.2) is 30.5 Å². The maximum atomic E-state index is 12.0. The lowest BCUT2D eigenvalue weighted by atomic mass is 10.2. The van der Waals surface area contributed by atoms with Crippen molar-refractivity contribution in [3.8, 4) is 0 Å². The molecule has 0 radical (unpaired) electrons. The van der Waals surface area contributed by atoms with Crippen molar-refractivity contribution in [2.24, 2.45) is 0 Å². The molecule has 0 unspecified atom stereocenters. The first-order valence-corrected chi connectivity index (χ1v) is 9.06. The van der Waals surface area contributed by atoms with E-state index < -0.39 is 0 Å². The van der Waals surface area contributed by atoms with Crippen molar-refractivity contribution < 1.29 is 9.53 Å². The molecule has 1 aromatic heterocycles. The second-order valence-electron chi connectivity index (χ2n) is 6.05. The zero-order chi connectivity index (χ0) is 16.4. The lowest BCUT2D eigenvalue weighted by Crippen LogP contribution is -2.36. The first-order chi connectivity index (χ1) is 11.8. The minimum Gasteiger partial charge on any atom is -0.378 e. The molecule has 2 aromatic rings. The molecule has 2 heterocycles. The second kappa shape index (κ2) is 6.78. The average Bonchev–Trinajstić information content (AvgIpc) is 3.31. The van der Waals surface area contributed by atoms with E-state index in [1.165, 1.54) is 17.0 Å². The van der Waals surface area contributed by atoms with Gasteiger partial charge in [-0.15, -0.1) is 0 Å². The van der Waals surface area contributed by atoms with Gasteiger partial charge in [0.2, 0.25) is 0 Å². The van der Waals surface area contributed by atoms with E-state index in [1.54, 1.807) is 6.20 Å². The Bertz CT molecular complexity index is 706. The Balaban J connectivity index is 1.38. The van der Waals surface area contributed by atoms with Gasteiger partial charge in [0, 0.05) is 30.5 Å². The second-order valence-corrected chi connectivity index (χ2v) is 7.08. The summed E-state index contributed by atoms with van der Waals surface area (Å²) < 4.78 is 5.38. The van der Waals surface area contributed by atoms with E-state index in [0.717, 1.165) is 50.0 Å². The van der Waals surface area contributed by atoms with Crippen molar-refractivity contribution in [1.82, 2.24) is 10.3 Å². The predicted octanol–water partition coefficient (Wildman–Crippen LogP) is 2.62. The summed E-state index contributed by atoms with van der Waals surface area (Å²) in [5.74, 6) is -0.0225. The average molecular weight is 344 g/mol. The molecular weight excluding hydrogens is 324 g/mol. The van der Waals surface area contributed by atoms with Gasteiger partial charge >= 0.3 is 0 Å². The van der Waals surface area contributed by atoms with Crippen LogP contribution in [0.3, 0.4) is 0 Å². The van der Waals surface area contributed by atoms with Gasteiger partial charge in [-0.05, 0) is 37.1 Å². The van der Waals surface area contributed by atoms with Gasteiger partial charge in [0.25, 0.3) is 5.91 Å². The normalized spacial score (nSPS) is 17.6. The van der Waals surface area contributed by atoms with E-state index in [4.69, 9.17) is 4.74 Å². The number of ether oxygens (including phenoxy) is 1. The summed E-state index contributed by atoms with van der Waals surface area (Å²) in [6.45, 7) is 3.42. The van der Waals surface area contributed by atoms with Crippen LogP contribution < -0.4 is 15.5 Å². The molecule has 24 heavy (non-hydrogen) atoms. The van der Waals surface area contributed by atoms with Gasteiger partial charge in [-0.3, -0.25) is 4.79 Å². The van der Waals surface area contributed by atoms with Gasteiger partial charge in [-0.2, -0.15) is 0 Å². The SMILES string of the molecule is O=C(NC1CC1)c1cnc(Nc2ccc(N3CCOCC3)cc2)s1. The fourth-order valence-corrected chi connectivity index (χ4v) is 3.36. The van der Waals surface area contributed by atoms with Crippen molar-refractivity contribution in [2.45, 2.75) is 18.9 Å². The van der Waals surface area contributed by atoms with Gasteiger partial charge < -0.3 is 20.3 Å². The largest absolute Gasteiger partial charge is 0.378 e. The van der Waals surface area contributed by atoms with Gasteiger partial charge in [0.1, 0.15) is 4.88 Å². The fraction of sp³-hybridized carbons (Fsp3) is 0.412. The third kappa shape index (κ3) is 3.68. The van der Waals surface area contributed by atoms with E-state index in [1.807, 2.05) is 12.1 Å². The van der Waals surface area contributed by atoms with Crippen LogP contribution in [0.1, 0.15) is 22.5 Å². The first-order valence-electron chi connectivity index (χ1n) is 8.24. The molecule has 126 valence electrons. The smallest absolute Gasteiger partial charge is 0.263 e. The summed E-state index contributed by atoms with van der Waals surface area (Å²) >= 11 is 1.38. The first kappa shape index (κ1) is 15.4. The lowest BCUT2D eigenvalue weighted by molar-refractivity contribution is 0.0955. The molecular formula is C17H20N4O2S. The minimum absolute atomic E-state index is 0.0225. The minimum atomic E-state index is -0.0225. The number of nitrogens with one attached hydrogen (secondary N) is 2. The fourth-order valence-electron chi connectivity index (χ4n) is 2.62. The van der Waals surface area contributed by atoms with E-state index in [9.17, 15) is 4.79 Å². The molecule has 7 heteroatoms. The molecule has 1 saturated heterocycles. The molecule has 1 aliphatic carbocycles. The number of carbonyl (C=O) groups excluding carboxylic acids is 1. The molecule has 2 fully saturated rings. The van der Waals surface area contributed by atoms with Crippen molar-refractivity contribution >= 4 is 33.8 Å². The quantitative estimate of drug-likeness (QED) is 0.873. The van der Waals surface area contributed by atoms with E-state index >= 15 is 0 Å². The number of thiazole rings is 1. The van der Waals surface area contributed by atoms with Crippen LogP contribution in [-0.4, -0.2) is 43.2 Å².